The van der Waals surface area contributed by atoms with E-state index >= 15 is 0 Å². The lowest BCUT2D eigenvalue weighted by Gasteiger charge is -2.52. The van der Waals surface area contributed by atoms with E-state index in [1.165, 1.54) is 0 Å². The van der Waals surface area contributed by atoms with Crippen molar-refractivity contribution in [1.29, 1.82) is 0 Å². The van der Waals surface area contributed by atoms with Crippen molar-refractivity contribution in [3.63, 3.8) is 0 Å². The van der Waals surface area contributed by atoms with E-state index in [0.717, 1.165) is 46.5 Å². The highest BCUT2D eigenvalue weighted by Gasteiger charge is 2.46. The Morgan fingerprint density at radius 2 is 1.00 bits per heavy atom. The summed E-state index contributed by atoms with van der Waals surface area (Å²) < 4.78 is 12.3. The second-order valence-corrected chi connectivity index (χ2v) is 12.1. The van der Waals surface area contributed by atoms with Gasteiger partial charge < -0.3 is 14.8 Å². The zero-order chi connectivity index (χ0) is 16.9. The summed E-state index contributed by atoms with van der Waals surface area (Å²) in [5, 5.41) is 3.92. The van der Waals surface area contributed by atoms with E-state index in [-0.39, 0.29) is 21.5 Å². The maximum atomic E-state index is 6.13. The summed E-state index contributed by atoms with van der Waals surface area (Å²) >= 11 is 0. The molecule has 0 aromatic heterocycles. The number of nitrogens with one attached hydrogen (secondary N) is 1. The van der Waals surface area contributed by atoms with Crippen LogP contribution in [-0.4, -0.2) is 55.2 Å². The van der Waals surface area contributed by atoms with Crippen LogP contribution in [0, 0.1) is 0 Å². The first-order valence-corrected chi connectivity index (χ1v) is 10.4. The fourth-order valence-corrected chi connectivity index (χ4v) is 4.20. The Hall–Kier alpha value is 0.314. The average molecular weight is 334 g/mol. The molecule has 0 amide bonds. The number of ether oxygens (including phenoxy) is 2. The summed E-state index contributed by atoms with van der Waals surface area (Å²) in [5.74, 6) is 0. The molecule has 0 aliphatic rings. The lowest BCUT2D eigenvalue weighted by molar-refractivity contribution is -0.0878. The van der Waals surface area contributed by atoms with Gasteiger partial charge >= 0.3 is 0 Å². The quantitative estimate of drug-likeness (QED) is 0.608. The molecule has 21 heavy (non-hydrogen) atoms. The largest absolute Gasteiger partial charge is 0.374 e. The lowest BCUT2D eigenvalue weighted by atomic mass is 9.93. The molecule has 1 N–H and O–H groups in total. The molecule has 0 aromatic carbocycles. The van der Waals surface area contributed by atoms with Crippen LogP contribution in [0.5, 0.6) is 0 Å². The highest BCUT2D eigenvalue weighted by Crippen LogP contribution is 2.30. The fourth-order valence-electron chi connectivity index (χ4n) is 2.16. The second kappa shape index (κ2) is 7.73. The molecule has 128 valence electrons. The molecule has 0 saturated carbocycles. The Bertz CT molecular complexity index is 285. The standard InChI is InChI=1S/C16H39NO2Si2/c1-9-11-18-13(3,4)15(7,20)17-16(8,21)14(5,6)19-12-10-2/h17H,9-12H2,1-8,20-21H3. The molecule has 5 heteroatoms. The van der Waals surface area contributed by atoms with Gasteiger partial charge in [0.2, 0.25) is 0 Å². The van der Waals surface area contributed by atoms with E-state index in [0.29, 0.717) is 0 Å². The summed E-state index contributed by atoms with van der Waals surface area (Å²) in [7, 11) is 2.05. The summed E-state index contributed by atoms with van der Waals surface area (Å²) in [6.07, 6.45) is 2.12. The van der Waals surface area contributed by atoms with Gasteiger partial charge in [0.1, 0.15) is 0 Å². The van der Waals surface area contributed by atoms with Gasteiger partial charge in [0.05, 0.1) is 11.2 Å². The normalized spacial score (nSPS) is 19.4. The molecule has 0 aliphatic heterocycles. The minimum Gasteiger partial charge on any atom is -0.374 e. The Morgan fingerprint density at radius 1 is 0.714 bits per heavy atom. The van der Waals surface area contributed by atoms with Crippen LogP contribution < -0.4 is 5.32 Å². The Balaban J connectivity index is 5.04. The molecular formula is C16H39NO2Si2. The summed E-state index contributed by atoms with van der Waals surface area (Å²) in [6.45, 7) is 19.4. The van der Waals surface area contributed by atoms with Crippen LogP contribution in [0.25, 0.3) is 0 Å². The van der Waals surface area contributed by atoms with Gasteiger partial charge in [0, 0.05) is 44.0 Å². The molecule has 2 atom stereocenters. The van der Waals surface area contributed by atoms with Crippen molar-refractivity contribution < 1.29 is 9.47 Å². The molecular weight excluding hydrogens is 294 g/mol. The van der Waals surface area contributed by atoms with Gasteiger partial charge in [-0.15, -0.1) is 0 Å². The van der Waals surface area contributed by atoms with Crippen molar-refractivity contribution in [3.8, 4) is 0 Å². The van der Waals surface area contributed by atoms with E-state index in [4.69, 9.17) is 9.47 Å². The summed E-state index contributed by atoms with van der Waals surface area (Å²) in [5.41, 5.74) is -0.330. The third-order valence-electron chi connectivity index (χ3n) is 4.97. The second-order valence-electron chi connectivity index (χ2n) is 8.09. The van der Waals surface area contributed by atoms with Crippen LogP contribution in [0.1, 0.15) is 68.2 Å². The topological polar surface area (TPSA) is 30.5 Å². The summed E-state index contributed by atoms with van der Waals surface area (Å²) in [6, 6.07) is 0. The van der Waals surface area contributed by atoms with Crippen LogP contribution in [0.4, 0.5) is 0 Å². The molecule has 0 bridgehead atoms. The average Bonchev–Trinajstić information content (AvgIpc) is 2.32. The summed E-state index contributed by atoms with van der Waals surface area (Å²) in [4.78, 5) is 0. The predicted molar refractivity (Wildman–Crippen MR) is 100 cm³/mol. The van der Waals surface area contributed by atoms with Gasteiger partial charge in [0.15, 0.2) is 0 Å². The van der Waals surface area contributed by atoms with Crippen molar-refractivity contribution in [2.45, 2.75) is 89.8 Å². The van der Waals surface area contributed by atoms with Crippen molar-refractivity contribution in [2.75, 3.05) is 13.2 Å². The van der Waals surface area contributed by atoms with Gasteiger partial charge in [-0.1, -0.05) is 13.8 Å². The van der Waals surface area contributed by atoms with Gasteiger partial charge in [-0.05, 0) is 54.4 Å². The molecule has 0 aromatic rings. The molecule has 0 fully saturated rings. The monoisotopic (exact) mass is 333 g/mol. The molecule has 3 nitrogen and oxygen atoms in total. The molecule has 0 rings (SSSR count). The first-order valence-electron chi connectivity index (χ1n) is 8.40. The Labute approximate surface area is 138 Å². The Kier molecular flexibility index (Phi) is 7.84. The third kappa shape index (κ3) is 5.79. The first-order chi connectivity index (χ1) is 9.33. The van der Waals surface area contributed by atoms with E-state index < -0.39 is 0 Å². The van der Waals surface area contributed by atoms with Crippen molar-refractivity contribution in [2.24, 2.45) is 0 Å². The van der Waals surface area contributed by atoms with Crippen LogP contribution in [0.2, 0.25) is 0 Å². The smallest absolute Gasteiger partial charge is 0.0767 e. The Morgan fingerprint density at radius 3 is 1.24 bits per heavy atom. The van der Waals surface area contributed by atoms with Crippen molar-refractivity contribution >= 4 is 20.5 Å². The predicted octanol–water partition coefficient (Wildman–Crippen LogP) is 1.15. The van der Waals surface area contributed by atoms with Crippen LogP contribution >= 0.6 is 0 Å². The number of rotatable bonds is 10. The van der Waals surface area contributed by atoms with Crippen molar-refractivity contribution in [1.82, 2.24) is 5.32 Å². The fraction of sp³-hybridized carbons (Fsp3) is 1.00. The molecule has 2 unspecified atom stereocenters. The minimum absolute atomic E-state index is 0.00547. The highest BCUT2D eigenvalue weighted by molar-refractivity contribution is 6.19. The molecule has 0 aliphatic carbocycles. The third-order valence-corrected chi connectivity index (χ3v) is 7.88. The zero-order valence-corrected chi connectivity index (χ0v) is 20.1. The lowest BCUT2D eigenvalue weighted by Crippen LogP contribution is -2.72. The van der Waals surface area contributed by atoms with Gasteiger partial charge in [-0.2, -0.15) is 0 Å². The zero-order valence-electron chi connectivity index (χ0n) is 16.1. The van der Waals surface area contributed by atoms with Crippen LogP contribution in [0.15, 0.2) is 0 Å². The molecule has 0 saturated heterocycles. The van der Waals surface area contributed by atoms with Crippen LogP contribution in [-0.2, 0) is 9.47 Å². The molecule has 0 radical (unpaired) electrons. The SMILES string of the molecule is CCCOC(C)(C)C(C)([SiH3])NC(C)([SiH3])C(C)(C)OCCC. The van der Waals surface area contributed by atoms with E-state index in [1.807, 2.05) is 0 Å². The van der Waals surface area contributed by atoms with E-state index in [1.54, 1.807) is 0 Å². The molecule has 0 heterocycles. The van der Waals surface area contributed by atoms with Gasteiger partial charge in [0.25, 0.3) is 0 Å². The van der Waals surface area contributed by atoms with Crippen LogP contribution in [0.3, 0.4) is 0 Å². The maximum absolute atomic E-state index is 6.13. The van der Waals surface area contributed by atoms with Crippen molar-refractivity contribution in [3.05, 3.63) is 0 Å². The van der Waals surface area contributed by atoms with Gasteiger partial charge in [-0.25, -0.2) is 0 Å². The number of hydrogen-bond acceptors (Lipinski definition) is 3. The van der Waals surface area contributed by atoms with E-state index in [2.05, 4.69) is 60.7 Å². The highest BCUT2D eigenvalue weighted by atomic mass is 28.2. The minimum atomic E-state index is -0.165. The maximum Gasteiger partial charge on any atom is 0.0767 e. The van der Waals surface area contributed by atoms with Gasteiger partial charge in [-0.3, -0.25) is 0 Å². The van der Waals surface area contributed by atoms with E-state index in [9.17, 15) is 0 Å². The molecule has 0 spiro atoms. The first kappa shape index (κ1) is 21.3. The number of hydrogen-bond donors (Lipinski definition) is 1.